The summed E-state index contributed by atoms with van der Waals surface area (Å²) in [6, 6.07) is 1.73. The highest BCUT2D eigenvalue weighted by Gasteiger charge is 2.17. The van der Waals surface area contributed by atoms with Crippen molar-refractivity contribution in [2.75, 3.05) is 0 Å². The van der Waals surface area contributed by atoms with E-state index in [0.717, 1.165) is 23.2 Å². The van der Waals surface area contributed by atoms with Gasteiger partial charge >= 0.3 is 0 Å². The minimum absolute atomic E-state index is 0.335. The van der Waals surface area contributed by atoms with Crippen LogP contribution < -0.4 is 0 Å². The van der Waals surface area contributed by atoms with E-state index in [4.69, 9.17) is 11.6 Å². The van der Waals surface area contributed by atoms with E-state index in [9.17, 15) is 4.39 Å². The number of benzene rings is 1. The van der Waals surface area contributed by atoms with Gasteiger partial charge in [0.15, 0.2) is 0 Å². The van der Waals surface area contributed by atoms with Gasteiger partial charge in [0.25, 0.3) is 0 Å². The average Bonchev–Trinajstić information content (AvgIpc) is 2.26. The summed E-state index contributed by atoms with van der Waals surface area (Å²) in [5.41, 5.74) is 3.34. The van der Waals surface area contributed by atoms with Crippen molar-refractivity contribution < 1.29 is 4.39 Å². The molecular weight excluding hydrogens is 305 g/mol. The quantitative estimate of drug-likeness (QED) is 0.724. The number of rotatable bonds is 1. The van der Waals surface area contributed by atoms with Gasteiger partial charge in [0.2, 0.25) is 0 Å². The lowest BCUT2D eigenvalue weighted by Gasteiger charge is -2.12. The van der Waals surface area contributed by atoms with Gasteiger partial charge in [-0.25, -0.2) is 4.39 Å². The Hall–Kier alpha value is -0.670. The highest BCUT2D eigenvalue weighted by atomic mass is 79.9. The van der Waals surface area contributed by atoms with Crippen molar-refractivity contribution in [3.8, 4) is 0 Å². The van der Waals surface area contributed by atoms with Crippen LogP contribution in [0, 0.1) is 19.7 Å². The molecule has 2 rings (SSSR count). The molecule has 0 saturated heterocycles. The Bertz CT molecular complexity index is 610. The second-order valence-electron chi connectivity index (χ2n) is 4.06. The average molecular weight is 317 g/mol. The molecule has 0 amide bonds. The second kappa shape index (κ2) is 4.54. The fraction of sp³-hybridized carbons (Fsp3) is 0.308. The highest BCUT2D eigenvalue weighted by Crippen LogP contribution is 2.35. The number of hydrogen-bond donors (Lipinski definition) is 0. The summed E-state index contributed by atoms with van der Waals surface area (Å²) in [5.74, 6) is -0.335. The number of hydrogen-bond acceptors (Lipinski definition) is 1. The van der Waals surface area contributed by atoms with Crippen molar-refractivity contribution in [2.24, 2.45) is 0 Å². The number of aryl methyl sites for hydroxylation is 2. The van der Waals surface area contributed by atoms with Crippen LogP contribution >= 0.6 is 27.5 Å². The van der Waals surface area contributed by atoms with Gasteiger partial charge in [0, 0.05) is 5.69 Å². The van der Waals surface area contributed by atoms with E-state index >= 15 is 0 Å². The van der Waals surface area contributed by atoms with Gasteiger partial charge in [-0.1, -0.05) is 18.5 Å². The standard InChI is InChI=1S/C13H12BrClFN/c1-4-8-7(3)17-13-6(2)5-9(14)12(16)10(13)11(8)15/h5H,4H2,1-3H3. The first-order valence-electron chi connectivity index (χ1n) is 5.40. The monoisotopic (exact) mass is 315 g/mol. The summed E-state index contributed by atoms with van der Waals surface area (Å²) >= 11 is 9.50. The molecule has 0 fully saturated rings. The van der Waals surface area contributed by atoms with Crippen LogP contribution in [0.25, 0.3) is 10.9 Å². The third-order valence-electron chi connectivity index (χ3n) is 2.94. The topological polar surface area (TPSA) is 12.9 Å². The molecule has 0 radical (unpaired) electrons. The first-order chi connectivity index (χ1) is 7.97. The molecule has 0 aliphatic heterocycles. The molecule has 17 heavy (non-hydrogen) atoms. The summed E-state index contributed by atoms with van der Waals surface area (Å²) in [7, 11) is 0. The molecule has 1 heterocycles. The van der Waals surface area contributed by atoms with Crippen molar-refractivity contribution >= 4 is 38.4 Å². The van der Waals surface area contributed by atoms with Gasteiger partial charge in [0.05, 0.1) is 20.4 Å². The molecule has 2 aromatic rings. The molecule has 0 bridgehead atoms. The summed E-state index contributed by atoms with van der Waals surface area (Å²) < 4.78 is 14.5. The van der Waals surface area contributed by atoms with E-state index in [1.54, 1.807) is 6.07 Å². The van der Waals surface area contributed by atoms with Crippen LogP contribution in [0.15, 0.2) is 10.5 Å². The predicted octanol–water partition coefficient (Wildman–Crippen LogP) is 4.97. The normalized spacial score (nSPS) is 11.2. The molecule has 1 nitrogen and oxygen atoms in total. The van der Waals surface area contributed by atoms with Crippen LogP contribution in [0.5, 0.6) is 0 Å². The Kier molecular flexibility index (Phi) is 3.41. The predicted molar refractivity (Wildman–Crippen MR) is 73.3 cm³/mol. The molecule has 0 aliphatic carbocycles. The van der Waals surface area contributed by atoms with Gasteiger partial charge in [-0.2, -0.15) is 0 Å². The summed E-state index contributed by atoms with van der Waals surface area (Å²) in [5, 5.41) is 0.901. The van der Waals surface area contributed by atoms with Crippen molar-refractivity contribution in [1.82, 2.24) is 4.98 Å². The van der Waals surface area contributed by atoms with E-state index in [1.807, 2.05) is 20.8 Å². The van der Waals surface area contributed by atoms with Crippen molar-refractivity contribution in [2.45, 2.75) is 27.2 Å². The van der Waals surface area contributed by atoms with Crippen LogP contribution in [0.2, 0.25) is 5.02 Å². The van der Waals surface area contributed by atoms with E-state index in [2.05, 4.69) is 20.9 Å². The lowest BCUT2D eigenvalue weighted by molar-refractivity contribution is 0.632. The van der Waals surface area contributed by atoms with E-state index < -0.39 is 0 Å². The van der Waals surface area contributed by atoms with Crippen molar-refractivity contribution in [1.29, 1.82) is 0 Å². The number of pyridine rings is 1. The minimum Gasteiger partial charge on any atom is -0.252 e. The summed E-state index contributed by atoms with van der Waals surface area (Å²) in [4.78, 5) is 4.46. The smallest absolute Gasteiger partial charge is 0.148 e. The Balaban J connectivity index is 3.02. The molecule has 0 aliphatic rings. The Morgan fingerprint density at radius 2 is 2.06 bits per heavy atom. The lowest BCUT2D eigenvalue weighted by Crippen LogP contribution is -1.98. The molecule has 0 spiro atoms. The zero-order valence-corrected chi connectivity index (χ0v) is 12.2. The van der Waals surface area contributed by atoms with E-state index in [-0.39, 0.29) is 5.82 Å². The molecule has 90 valence electrons. The van der Waals surface area contributed by atoms with Crippen molar-refractivity contribution in [3.05, 3.63) is 38.2 Å². The minimum atomic E-state index is -0.335. The van der Waals surface area contributed by atoms with Crippen molar-refractivity contribution in [3.63, 3.8) is 0 Å². The summed E-state index contributed by atoms with van der Waals surface area (Å²) in [6.45, 7) is 5.80. The third kappa shape index (κ3) is 1.95. The van der Waals surface area contributed by atoms with E-state index in [0.29, 0.717) is 20.4 Å². The first kappa shape index (κ1) is 12.8. The maximum atomic E-state index is 14.1. The fourth-order valence-electron chi connectivity index (χ4n) is 2.04. The van der Waals surface area contributed by atoms with Gasteiger partial charge in [-0.05, 0) is 53.4 Å². The first-order valence-corrected chi connectivity index (χ1v) is 6.57. The second-order valence-corrected chi connectivity index (χ2v) is 5.29. The van der Waals surface area contributed by atoms with Gasteiger partial charge < -0.3 is 0 Å². The van der Waals surface area contributed by atoms with Crippen LogP contribution in [0.1, 0.15) is 23.7 Å². The molecule has 4 heteroatoms. The Morgan fingerprint density at radius 3 is 2.65 bits per heavy atom. The maximum Gasteiger partial charge on any atom is 0.148 e. The number of aromatic nitrogens is 1. The zero-order chi connectivity index (χ0) is 12.7. The molecule has 1 aromatic heterocycles. The number of fused-ring (bicyclic) bond motifs is 1. The Morgan fingerprint density at radius 1 is 1.41 bits per heavy atom. The van der Waals surface area contributed by atoms with Crippen LogP contribution in [-0.2, 0) is 6.42 Å². The highest BCUT2D eigenvalue weighted by molar-refractivity contribution is 9.10. The number of nitrogens with zero attached hydrogens (tertiary/aromatic N) is 1. The zero-order valence-electron chi connectivity index (χ0n) is 9.87. The molecular formula is C13H12BrClFN. The third-order valence-corrected chi connectivity index (χ3v) is 3.93. The van der Waals surface area contributed by atoms with Crippen LogP contribution in [0.4, 0.5) is 4.39 Å². The van der Waals surface area contributed by atoms with Crippen LogP contribution in [0.3, 0.4) is 0 Å². The lowest BCUT2D eigenvalue weighted by atomic mass is 10.0. The molecule has 0 saturated carbocycles. The van der Waals surface area contributed by atoms with Gasteiger partial charge in [0.1, 0.15) is 5.82 Å². The molecule has 1 aromatic carbocycles. The maximum absolute atomic E-state index is 14.1. The largest absolute Gasteiger partial charge is 0.252 e. The van der Waals surface area contributed by atoms with Gasteiger partial charge in [-0.3, -0.25) is 4.98 Å². The Labute approximate surface area is 113 Å². The fourth-order valence-corrected chi connectivity index (χ4v) is 3.03. The van der Waals surface area contributed by atoms with E-state index in [1.165, 1.54) is 0 Å². The van der Waals surface area contributed by atoms with Gasteiger partial charge in [-0.15, -0.1) is 0 Å². The number of halogens is 3. The molecule has 0 atom stereocenters. The van der Waals surface area contributed by atoms with Crippen LogP contribution in [-0.4, -0.2) is 4.98 Å². The SMILES string of the molecule is CCc1c(C)nc2c(C)cc(Br)c(F)c2c1Cl. The summed E-state index contributed by atoms with van der Waals surface area (Å²) in [6.07, 6.45) is 0.749. The molecule has 0 N–H and O–H groups in total. The molecule has 0 unspecified atom stereocenters.